The molecule has 5 heteroatoms. The lowest BCUT2D eigenvalue weighted by Crippen LogP contribution is -2.42. The van der Waals surface area contributed by atoms with Gasteiger partial charge in [0.2, 0.25) is 0 Å². The van der Waals surface area contributed by atoms with Crippen LogP contribution in [0.3, 0.4) is 0 Å². The van der Waals surface area contributed by atoms with Crippen molar-refractivity contribution < 1.29 is 14.7 Å². The molecule has 0 heterocycles. The van der Waals surface area contributed by atoms with Crippen LogP contribution in [-0.2, 0) is 4.79 Å². The average molecular weight is 202 g/mol. The highest BCUT2D eigenvalue weighted by Crippen LogP contribution is 2.01. The molecule has 0 saturated carbocycles. The Morgan fingerprint density at radius 1 is 1.36 bits per heavy atom. The molecule has 0 bridgehead atoms. The fraction of sp³-hybridized carbons (Fsp3) is 0.778. The topological polar surface area (TPSA) is 78.4 Å². The van der Waals surface area contributed by atoms with E-state index in [9.17, 15) is 9.59 Å². The van der Waals surface area contributed by atoms with Crippen LogP contribution in [0.2, 0.25) is 0 Å². The van der Waals surface area contributed by atoms with E-state index in [0.717, 1.165) is 6.42 Å². The third kappa shape index (κ3) is 6.28. The Hall–Kier alpha value is -1.26. The molecule has 82 valence electrons. The van der Waals surface area contributed by atoms with Crippen molar-refractivity contribution in [3.63, 3.8) is 0 Å². The molecule has 2 amide bonds. The molecule has 0 aromatic carbocycles. The first-order valence-electron chi connectivity index (χ1n) is 4.86. The van der Waals surface area contributed by atoms with Gasteiger partial charge >= 0.3 is 12.0 Å². The van der Waals surface area contributed by atoms with Crippen LogP contribution < -0.4 is 10.6 Å². The van der Waals surface area contributed by atoms with E-state index < -0.39 is 5.97 Å². The number of amides is 2. The highest BCUT2D eigenvalue weighted by Gasteiger charge is 2.14. The van der Waals surface area contributed by atoms with E-state index >= 15 is 0 Å². The number of carboxylic acid groups (broad SMARTS) is 1. The van der Waals surface area contributed by atoms with E-state index in [0.29, 0.717) is 13.0 Å². The molecule has 0 rings (SSSR count). The molecule has 3 N–H and O–H groups in total. The minimum atomic E-state index is -0.889. The van der Waals surface area contributed by atoms with Crippen LogP contribution in [-0.4, -0.2) is 29.7 Å². The van der Waals surface area contributed by atoms with Crippen molar-refractivity contribution >= 4 is 12.0 Å². The van der Waals surface area contributed by atoms with Crippen molar-refractivity contribution in [1.29, 1.82) is 0 Å². The quantitative estimate of drug-likeness (QED) is 0.600. The predicted octanol–water partition coefficient (Wildman–Crippen LogP) is 0.949. The molecule has 0 spiro atoms. The Labute approximate surface area is 83.9 Å². The Balaban J connectivity index is 3.94. The molecule has 0 aliphatic carbocycles. The van der Waals surface area contributed by atoms with E-state index in [1.165, 1.54) is 0 Å². The highest BCUT2D eigenvalue weighted by molar-refractivity contribution is 5.75. The molecule has 1 unspecified atom stereocenters. The molecule has 0 radical (unpaired) electrons. The number of carbonyl (C=O) groups is 2. The second-order valence-electron chi connectivity index (χ2n) is 3.09. The normalized spacial score (nSPS) is 11.9. The van der Waals surface area contributed by atoms with E-state index in [1.54, 1.807) is 0 Å². The number of rotatable bonds is 6. The van der Waals surface area contributed by atoms with E-state index in [1.807, 2.05) is 13.8 Å². The van der Waals surface area contributed by atoms with Crippen LogP contribution in [0.5, 0.6) is 0 Å². The average Bonchev–Trinajstić information content (AvgIpc) is 2.03. The van der Waals surface area contributed by atoms with Gasteiger partial charge in [-0.25, -0.2) is 4.79 Å². The van der Waals surface area contributed by atoms with Crippen molar-refractivity contribution in [1.82, 2.24) is 10.6 Å². The Kier molecular flexibility index (Phi) is 6.53. The lowest BCUT2D eigenvalue weighted by molar-refractivity contribution is -0.137. The molecule has 0 aromatic heterocycles. The second kappa shape index (κ2) is 7.17. The van der Waals surface area contributed by atoms with Gasteiger partial charge in [0.05, 0.1) is 6.42 Å². The standard InChI is InChI=1S/C9H18N2O3/c1-3-5-7(6-8(12)13)11-9(14)10-4-2/h7H,3-6H2,1-2H3,(H,12,13)(H2,10,11,14). The Morgan fingerprint density at radius 3 is 2.43 bits per heavy atom. The highest BCUT2D eigenvalue weighted by atomic mass is 16.4. The number of urea groups is 1. The fourth-order valence-electron chi connectivity index (χ4n) is 1.18. The SMILES string of the molecule is CCCC(CC(=O)O)NC(=O)NCC. The van der Waals surface area contributed by atoms with Gasteiger partial charge in [-0.05, 0) is 13.3 Å². The van der Waals surface area contributed by atoms with Gasteiger partial charge in [-0.15, -0.1) is 0 Å². The maximum Gasteiger partial charge on any atom is 0.315 e. The van der Waals surface area contributed by atoms with Crippen molar-refractivity contribution in [2.75, 3.05) is 6.54 Å². The van der Waals surface area contributed by atoms with Gasteiger partial charge < -0.3 is 15.7 Å². The van der Waals surface area contributed by atoms with Crippen molar-refractivity contribution in [3.05, 3.63) is 0 Å². The van der Waals surface area contributed by atoms with E-state index in [4.69, 9.17) is 5.11 Å². The molecule has 0 aliphatic heterocycles. The molecule has 0 aliphatic rings. The number of nitrogens with one attached hydrogen (secondary N) is 2. The fourth-order valence-corrected chi connectivity index (χ4v) is 1.18. The summed E-state index contributed by atoms with van der Waals surface area (Å²) in [6, 6.07) is -0.573. The zero-order valence-electron chi connectivity index (χ0n) is 8.67. The van der Waals surface area contributed by atoms with Gasteiger partial charge in [0.15, 0.2) is 0 Å². The Bertz CT molecular complexity index is 194. The van der Waals surface area contributed by atoms with E-state index in [-0.39, 0.29) is 18.5 Å². The van der Waals surface area contributed by atoms with Gasteiger partial charge in [0.1, 0.15) is 0 Å². The third-order valence-corrected chi connectivity index (χ3v) is 1.73. The molecule has 5 nitrogen and oxygen atoms in total. The summed E-state index contributed by atoms with van der Waals surface area (Å²) in [7, 11) is 0. The minimum Gasteiger partial charge on any atom is -0.481 e. The minimum absolute atomic E-state index is 0.0228. The van der Waals surface area contributed by atoms with Crippen LogP contribution in [0.15, 0.2) is 0 Å². The van der Waals surface area contributed by atoms with Crippen LogP contribution in [0.1, 0.15) is 33.1 Å². The van der Waals surface area contributed by atoms with Crippen molar-refractivity contribution in [3.8, 4) is 0 Å². The summed E-state index contributed by atoms with van der Waals surface area (Å²) in [5, 5.41) is 13.8. The number of hydrogen-bond acceptors (Lipinski definition) is 2. The van der Waals surface area contributed by atoms with Gasteiger partial charge in [0.25, 0.3) is 0 Å². The predicted molar refractivity (Wildman–Crippen MR) is 53.2 cm³/mol. The smallest absolute Gasteiger partial charge is 0.315 e. The zero-order valence-corrected chi connectivity index (χ0v) is 8.67. The molecular formula is C9H18N2O3. The summed E-state index contributed by atoms with van der Waals surface area (Å²) in [5.74, 6) is -0.889. The first kappa shape index (κ1) is 12.7. The molecule has 0 saturated heterocycles. The number of carboxylic acids is 1. The Morgan fingerprint density at radius 2 is 2.00 bits per heavy atom. The number of hydrogen-bond donors (Lipinski definition) is 3. The number of aliphatic carboxylic acids is 1. The molecule has 0 aromatic rings. The summed E-state index contributed by atoms with van der Waals surface area (Å²) < 4.78 is 0. The first-order valence-corrected chi connectivity index (χ1v) is 4.86. The van der Waals surface area contributed by atoms with Crippen LogP contribution in [0, 0.1) is 0 Å². The van der Waals surface area contributed by atoms with Crippen LogP contribution >= 0.6 is 0 Å². The monoisotopic (exact) mass is 202 g/mol. The van der Waals surface area contributed by atoms with Crippen LogP contribution in [0.25, 0.3) is 0 Å². The van der Waals surface area contributed by atoms with Gasteiger partial charge in [-0.2, -0.15) is 0 Å². The van der Waals surface area contributed by atoms with Gasteiger partial charge in [0, 0.05) is 12.6 Å². The first-order chi connectivity index (χ1) is 6.60. The molecule has 14 heavy (non-hydrogen) atoms. The zero-order chi connectivity index (χ0) is 11.0. The largest absolute Gasteiger partial charge is 0.481 e. The summed E-state index contributed by atoms with van der Waals surface area (Å²) >= 11 is 0. The molecular weight excluding hydrogens is 184 g/mol. The lowest BCUT2D eigenvalue weighted by atomic mass is 10.1. The van der Waals surface area contributed by atoms with Crippen molar-refractivity contribution in [2.24, 2.45) is 0 Å². The summed E-state index contributed by atoms with van der Waals surface area (Å²) in [6.45, 7) is 4.30. The maximum atomic E-state index is 11.1. The summed E-state index contributed by atoms with van der Waals surface area (Å²) in [6.07, 6.45) is 1.51. The maximum absolute atomic E-state index is 11.1. The third-order valence-electron chi connectivity index (χ3n) is 1.73. The van der Waals surface area contributed by atoms with Gasteiger partial charge in [-0.3, -0.25) is 4.79 Å². The molecule has 1 atom stereocenters. The number of carbonyl (C=O) groups excluding carboxylic acids is 1. The van der Waals surface area contributed by atoms with Gasteiger partial charge in [-0.1, -0.05) is 13.3 Å². The van der Waals surface area contributed by atoms with E-state index in [2.05, 4.69) is 10.6 Å². The molecule has 0 fully saturated rings. The van der Waals surface area contributed by atoms with Crippen molar-refractivity contribution in [2.45, 2.75) is 39.2 Å². The second-order valence-corrected chi connectivity index (χ2v) is 3.09. The lowest BCUT2D eigenvalue weighted by Gasteiger charge is -2.15. The van der Waals surface area contributed by atoms with Crippen LogP contribution in [0.4, 0.5) is 4.79 Å². The summed E-state index contributed by atoms with van der Waals surface area (Å²) in [5.41, 5.74) is 0. The summed E-state index contributed by atoms with van der Waals surface area (Å²) in [4.78, 5) is 21.5.